The molecule has 2 fully saturated rings. The van der Waals surface area contributed by atoms with Gasteiger partial charge in [0.25, 0.3) is 0 Å². The molecular formula is C18H34N4O2. The molecule has 0 saturated carbocycles. The van der Waals surface area contributed by atoms with Crippen LogP contribution in [0.4, 0.5) is 0 Å². The SMILES string of the molecule is CC1(C)NC(C)(C)N(CCCCN2C(=O)C(C)(C)NC2(C)C)C1=O. The Balaban J connectivity index is 1.90. The minimum Gasteiger partial charge on any atom is -0.323 e. The number of nitrogens with one attached hydrogen (secondary N) is 2. The molecule has 2 aliphatic heterocycles. The summed E-state index contributed by atoms with van der Waals surface area (Å²) in [6, 6.07) is 0. The Kier molecular flexibility index (Phi) is 4.56. The minimum absolute atomic E-state index is 0.146. The lowest BCUT2D eigenvalue weighted by Crippen LogP contribution is -2.49. The van der Waals surface area contributed by atoms with Crippen molar-refractivity contribution in [2.24, 2.45) is 0 Å². The first kappa shape index (κ1) is 19.2. The largest absolute Gasteiger partial charge is 0.323 e. The van der Waals surface area contributed by atoms with Crippen LogP contribution in [-0.2, 0) is 9.59 Å². The van der Waals surface area contributed by atoms with Gasteiger partial charge in [-0.25, -0.2) is 0 Å². The van der Waals surface area contributed by atoms with Crippen molar-refractivity contribution in [2.45, 2.75) is 90.6 Å². The molecular weight excluding hydrogens is 304 g/mol. The third-order valence-corrected chi connectivity index (χ3v) is 5.16. The van der Waals surface area contributed by atoms with Crippen LogP contribution in [0.5, 0.6) is 0 Å². The average molecular weight is 338 g/mol. The van der Waals surface area contributed by atoms with E-state index in [9.17, 15) is 9.59 Å². The zero-order chi connectivity index (χ0) is 18.6. The first-order valence-corrected chi connectivity index (χ1v) is 8.94. The summed E-state index contributed by atoms with van der Waals surface area (Å²) < 4.78 is 0. The molecule has 0 unspecified atom stereocenters. The van der Waals surface area contributed by atoms with Gasteiger partial charge in [0, 0.05) is 13.1 Å². The third-order valence-electron chi connectivity index (χ3n) is 5.16. The number of hydrogen-bond acceptors (Lipinski definition) is 4. The van der Waals surface area contributed by atoms with Crippen LogP contribution in [0, 0.1) is 0 Å². The Labute approximate surface area is 146 Å². The summed E-state index contributed by atoms with van der Waals surface area (Å²) in [5, 5.41) is 6.77. The highest BCUT2D eigenvalue weighted by molar-refractivity contribution is 5.89. The van der Waals surface area contributed by atoms with Crippen LogP contribution in [0.25, 0.3) is 0 Å². The number of carbonyl (C=O) groups excluding carboxylic acids is 2. The standard InChI is InChI=1S/C18H34N4O2/c1-15(2)13(23)21(17(5,6)19-15)11-9-10-12-22-14(24)16(3,4)20-18(22,7)8/h19-20H,9-12H2,1-8H3. The summed E-state index contributed by atoms with van der Waals surface area (Å²) in [5.74, 6) is 0.292. The van der Waals surface area contributed by atoms with Crippen molar-refractivity contribution in [3.63, 3.8) is 0 Å². The van der Waals surface area contributed by atoms with Crippen molar-refractivity contribution < 1.29 is 9.59 Å². The molecule has 2 rings (SSSR count). The van der Waals surface area contributed by atoms with Gasteiger partial charge in [-0.05, 0) is 68.2 Å². The molecule has 2 aliphatic rings. The van der Waals surface area contributed by atoms with Crippen LogP contribution in [0.15, 0.2) is 0 Å². The Morgan fingerprint density at radius 3 is 1.17 bits per heavy atom. The third kappa shape index (κ3) is 3.31. The Hall–Kier alpha value is -1.14. The average Bonchev–Trinajstić information content (AvgIpc) is 2.62. The highest BCUT2D eigenvalue weighted by Crippen LogP contribution is 2.29. The van der Waals surface area contributed by atoms with Crippen LogP contribution in [0.2, 0.25) is 0 Å². The zero-order valence-corrected chi connectivity index (χ0v) is 16.5. The maximum absolute atomic E-state index is 12.5. The van der Waals surface area contributed by atoms with E-state index in [0.29, 0.717) is 13.1 Å². The fourth-order valence-electron chi connectivity index (χ4n) is 4.26. The van der Waals surface area contributed by atoms with E-state index in [1.54, 1.807) is 0 Å². The highest BCUT2D eigenvalue weighted by atomic mass is 16.2. The molecule has 0 bridgehead atoms. The van der Waals surface area contributed by atoms with Crippen molar-refractivity contribution in [1.29, 1.82) is 0 Å². The summed E-state index contributed by atoms with van der Waals surface area (Å²) in [6.07, 6.45) is 1.76. The van der Waals surface area contributed by atoms with Gasteiger partial charge in [0.15, 0.2) is 0 Å². The first-order chi connectivity index (χ1) is 10.7. The van der Waals surface area contributed by atoms with Gasteiger partial charge in [-0.3, -0.25) is 20.2 Å². The molecule has 6 heteroatoms. The molecule has 0 aromatic carbocycles. The van der Waals surface area contributed by atoms with Crippen LogP contribution < -0.4 is 10.6 Å². The first-order valence-electron chi connectivity index (χ1n) is 8.94. The number of hydrogen-bond donors (Lipinski definition) is 2. The molecule has 0 aromatic rings. The maximum Gasteiger partial charge on any atom is 0.243 e. The van der Waals surface area contributed by atoms with E-state index in [1.165, 1.54) is 0 Å². The molecule has 24 heavy (non-hydrogen) atoms. The molecule has 0 spiro atoms. The van der Waals surface area contributed by atoms with E-state index in [0.717, 1.165) is 12.8 Å². The van der Waals surface area contributed by atoms with Crippen LogP contribution in [0.1, 0.15) is 68.2 Å². The van der Waals surface area contributed by atoms with E-state index in [2.05, 4.69) is 10.6 Å². The van der Waals surface area contributed by atoms with Crippen LogP contribution in [-0.4, -0.2) is 57.1 Å². The summed E-state index contributed by atoms with van der Waals surface area (Å²) in [7, 11) is 0. The van der Waals surface area contributed by atoms with Gasteiger partial charge in [-0.15, -0.1) is 0 Å². The summed E-state index contributed by atoms with van der Waals surface area (Å²) in [4.78, 5) is 28.9. The lowest BCUT2D eigenvalue weighted by molar-refractivity contribution is -0.135. The van der Waals surface area contributed by atoms with Crippen molar-refractivity contribution >= 4 is 11.8 Å². The van der Waals surface area contributed by atoms with Crippen molar-refractivity contribution in [2.75, 3.05) is 13.1 Å². The van der Waals surface area contributed by atoms with Gasteiger partial charge in [-0.2, -0.15) is 0 Å². The van der Waals surface area contributed by atoms with E-state index in [1.807, 2.05) is 65.2 Å². The number of amides is 2. The Morgan fingerprint density at radius 2 is 0.958 bits per heavy atom. The van der Waals surface area contributed by atoms with Gasteiger partial charge >= 0.3 is 0 Å². The summed E-state index contributed by atoms with van der Waals surface area (Å²) >= 11 is 0. The normalized spacial score (nSPS) is 27.2. The molecule has 0 aromatic heterocycles. The second-order valence-corrected chi connectivity index (χ2v) is 9.24. The van der Waals surface area contributed by atoms with E-state index in [-0.39, 0.29) is 23.1 Å². The molecule has 0 atom stereocenters. The monoisotopic (exact) mass is 338 g/mol. The second-order valence-electron chi connectivity index (χ2n) is 9.24. The number of carbonyl (C=O) groups is 2. The molecule has 2 heterocycles. The predicted molar refractivity (Wildman–Crippen MR) is 95.2 cm³/mol. The molecule has 0 radical (unpaired) electrons. The highest BCUT2D eigenvalue weighted by Gasteiger charge is 2.50. The molecule has 6 nitrogen and oxygen atoms in total. The fraction of sp³-hybridized carbons (Fsp3) is 0.889. The molecule has 138 valence electrons. The zero-order valence-electron chi connectivity index (χ0n) is 16.5. The lowest BCUT2D eigenvalue weighted by atomic mass is 10.1. The van der Waals surface area contributed by atoms with E-state index in [4.69, 9.17) is 0 Å². The maximum atomic E-state index is 12.5. The summed E-state index contributed by atoms with van der Waals surface area (Å²) in [5.41, 5.74) is -1.67. The molecule has 2 amide bonds. The quantitative estimate of drug-likeness (QED) is 0.748. The second kappa shape index (κ2) is 5.70. The fourth-order valence-corrected chi connectivity index (χ4v) is 4.26. The number of unbranched alkanes of at least 4 members (excludes halogenated alkanes) is 1. The number of rotatable bonds is 5. The van der Waals surface area contributed by atoms with Crippen molar-refractivity contribution in [3.8, 4) is 0 Å². The topological polar surface area (TPSA) is 64.7 Å². The van der Waals surface area contributed by atoms with E-state index >= 15 is 0 Å². The molecule has 0 aliphatic carbocycles. The van der Waals surface area contributed by atoms with Gasteiger partial charge < -0.3 is 9.80 Å². The van der Waals surface area contributed by atoms with Crippen LogP contribution in [0.3, 0.4) is 0 Å². The molecule has 2 N–H and O–H groups in total. The Morgan fingerprint density at radius 1 is 0.667 bits per heavy atom. The summed E-state index contributed by atoms with van der Waals surface area (Å²) in [6.45, 7) is 17.3. The van der Waals surface area contributed by atoms with E-state index < -0.39 is 11.1 Å². The van der Waals surface area contributed by atoms with Gasteiger partial charge in [0.2, 0.25) is 11.8 Å². The Bertz CT molecular complexity index is 489. The van der Waals surface area contributed by atoms with Gasteiger partial charge in [-0.1, -0.05) is 0 Å². The van der Waals surface area contributed by atoms with Crippen molar-refractivity contribution in [3.05, 3.63) is 0 Å². The van der Waals surface area contributed by atoms with Gasteiger partial charge in [0.05, 0.1) is 22.4 Å². The van der Waals surface area contributed by atoms with Gasteiger partial charge in [0.1, 0.15) is 0 Å². The predicted octanol–water partition coefficient (Wildman–Crippen LogP) is 1.66. The van der Waals surface area contributed by atoms with Crippen LogP contribution >= 0.6 is 0 Å². The minimum atomic E-state index is -0.510. The molecule has 2 saturated heterocycles. The van der Waals surface area contributed by atoms with Crippen molar-refractivity contribution in [1.82, 2.24) is 20.4 Å². The lowest BCUT2D eigenvalue weighted by Gasteiger charge is -2.33. The smallest absolute Gasteiger partial charge is 0.243 e. The number of nitrogens with zero attached hydrogens (tertiary/aromatic N) is 2.